The van der Waals surface area contributed by atoms with Crippen molar-refractivity contribution in [2.24, 2.45) is 0 Å². The summed E-state index contributed by atoms with van der Waals surface area (Å²) in [6.07, 6.45) is -1.07. The van der Waals surface area contributed by atoms with E-state index in [-0.39, 0.29) is 45.2 Å². The lowest BCUT2D eigenvalue weighted by Crippen LogP contribution is -2.63. The van der Waals surface area contributed by atoms with Crippen LogP contribution >= 0.6 is 0 Å². The minimum atomic E-state index is -3.53. The van der Waals surface area contributed by atoms with E-state index in [9.17, 15) is 18.0 Å². The number of amides is 2. The highest BCUT2D eigenvalue weighted by atomic mass is 32.2. The molecular formula is C19H35N3O7S. The summed E-state index contributed by atoms with van der Waals surface area (Å²) >= 11 is 0. The third-order valence-electron chi connectivity index (χ3n) is 4.98. The fourth-order valence-electron chi connectivity index (χ4n) is 3.23. The fraction of sp³-hybridized carbons (Fsp3) is 0.895. The normalized spacial score (nSPS) is 20.0. The number of hydrogen-bond donors (Lipinski definition) is 0. The quantitative estimate of drug-likeness (QED) is 0.498. The number of likely N-dealkylation sites (tertiary alicyclic amines) is 1. The van der Waals surface area contributed by atoms with Gasteiger partial charge in [0, 0.05) is 45.9 Å². The molecule has 1 atom stereocenters. The van der Waals surface area contributed by atoms with Gasteiger partial charge in [-0.15, -0.1) is 0 Å². The molecule has 10 nitrogen and oxygen atoms in total. The Bertz CT molecular complexity index is 693. The molecule has 0 aromatic carbocycles. The average Bonchev–Trinajstić information content (AvgIpc) is 2.62. The summed E-state index contributed by atoms with van der Waals surface area (Å²) < 4.78 is 43.1. The van der Waals surface area contributed by atoms with Crippen molar-refractivity contribution < 1.29 is 32.2 Å². The first-order valence-electron chi connectivity index (χ1n) is 10.4. The molecule has 0 bridgehead atoms. The van der Waals surface area contributed by atoms with Crippen molar-refractivity contribution in [2.45, 2.75) is 51.6 Å². The maximum absolute atomic E-state index is 12.9. The molecule has 0 aromatic rings. The molecule has 2 amide bonds. The predicted molar refractivity (Wildman–Crippen MR) is 111 cm³/mol. The Morgan fingerprint density at radius 2 is 1.63 bits per heavy atom. The van der Waals surface area contributed by atoms with Crippen LogP contribution < -0.4 is 0 Å². The van der Waals surface area contributed by atoms with Crippen molar-refractivity contribution in [3.63, 3.8) is 0 Å². The van der Waals surface area contributed by atoms with Crippen molar-refractivity contribution in [1.29, 1.82) is 0 Å². The Morgan fingerprint density at radius 3 is 2.17 bits per heavy atom. The van der Waals surface area contributed by atoms with Crippen LogP contribution in [0.15, 0.2) is 0 Å². The number of nitrogens with zero attached hydrogens (tertiary/aromatic N) is 3. The van der Waals surface area contributed by atoms with Gasteiger partial charge in [0.15, 0.2) is 0 Å². The Morgan fingerprint density at radius 1 is 1.03 bits per heavy atom. The predicted octanol–water partition coefficient (Wildman–Crippen LogP) is 0.521. The molecule has 2 heterocycles. The summed E-state index contributed by atoms with van der Waals surface area (Å²) in [5.41, 5.74) is -0.591. The van der Waals surface area contributed by atoms with E-state index in [4.69, 9.17) is 14.2 Å². The van der Waals surface area contributed by atoms with Gasteiger partial charge in [-0.3, -0.25) is 4.79 Å². The second-order valence-corrected chi connectivity index (χ2v) is 10.7. The van der Waals surface area contributed by atoms with Gasteiger partial charge in [-0.1, -0.05) is 0 Å². The standard InChI is InChI=1S/C19H35N3O7S/c1-6-27-11-12-28-15(2)17(23)21-13-16(14-21)30(25,26)22-9-7-20(8-10-22)18(24)29-19(3,4)5/h15-16H,6-14H2,1-5H3. The second-order valence-electron chi connectivity index (χ2n) is 8.49. The van der Waals surface area contributed by atoms with E-state index in [1.807, 2.05) is 6.92 Å². The lowest BCUT2D eigenvalue weighted by molar-refractivity contribution is -0.146. The van der Waals surface area contributed by atoms with E-state index in [1.54, 1.807) is 27.7 Å². The van der Waals surface area contributed by atoms with Crippen molar-refractivity contribution >= 4 is 22.0 Å². The first-order valence-corrected chi connectivity index (χ1v) is 11.9. The largest absolute Gasteiger partial charge is 0.444 e. The summed E-state index contributed by atoms with van der Waals surface area (Å²) in [5.74, 6) is -0.215. The van der Waals surface area contributed by atoms with Crippen LogP contribution in [0.1, 0.15) is 34.6 Å². The molecule has 1 unspecified atom stereocenters. The number of rotatable bonds is 8. The maximum atomic E-state index is 12.9. The van der Waals surface area contributed by atoms with Crippen molar-refractivity contribution in [1.82, 2.24) is 14.1 Å². The summed E-state index contributed by atoms with van der Waals surface area (Å²) in [4.78, 5) is 27.5. The molecule has 2 aliphatic rings. The van der Waals surface area contributed by atoms with Gasteiger partial charge in [0.25, 0.3) is 5.91 Å². The molecular weight excluding hydrogens is 414 g/mol. The van der Waals surface area contributed by atoms with Crippen LogP contribution in [0.2, 0.25) is 0 Å². The number of carbonyl (C=O) groups excluding carboxylic acids is 2. The third kappa shape index (κ3) is 6.53. The first-order chi connectivity index (χ1) is 14.0. The minimum Gasteiger partial charge on any atom is -0.444 e. The summed E-state index contributed by atoms with van der Waals surface area (Å²) in [7, 11) is -3.53. The molecule has 2 rings (SSSR count). The van der Waals surface area contributed by atoms with Crippen LogP contribution in [-0.2, 0) is 29.0 Å². The molecule has 0 aromatic heterocycles. The molecule has 30 heavy (non-hydrogen) atoms. The van der Waals surface area contributed by atoms with Gasteiger partial charge in [0.2, 0.25) is 10.0 Å². The van der Waals surface area contributed by atoms with E-state index in [1.165, 1.54) is 14.1 Å². The third-order valence-corrected chi connectivity index (χ3v) is 7.20. The van der Waals surface area contributed by atoms with Gasteiger partial charge >= 0.3 is 6.09 Å². The highest BCUT2D eigenvalue weighted by Crippen LogP contribution is 2.23. The molecule has 0 spiro atoms. The zero-order valence-corrected chi connectivity index (χ0v) is 19.4. The van der Waals surface area contributed by atoms with Crippen molar-refractivity contribution in [3.05, 3.63) is 0 Å². The van der Waals surface area contributed by atoms with E-state index >= 15 is 0 Å². The molecule has 0 aliphatic carbocycles. The highest BCUT2D eigenvalue weighted by molar-refractivity contribution is 7.89. The summed E-state index contributed by atoms with van der Waals surface area (Å²) in [5, 5.41) is -0.620. The van der Waals surface area contributed by atoms with E-state index in [0.717, 1.165) is 0 Å². The van der Waals surface area contributed by atoms with Crippen LogP contribution in [0.5, 0.6) is 0 Å². The van der Waals surface area contributed by atoms with Crippen LogP contribution in [-0.4, -0.2) is 111 Å². The Kier molecular flexibility index (Phi) is 8.49. The van der Waals surface area contributed by atoms with E-state index in [0.29, 0.717) is 19.8 Å². The molecule has 2 aliphatic heterocycles. The van der Waals surface area contributed by atoms with Crippen molar-refractivity contribution in [2.75, 3.05) is 59.1 Å². The second kappa shape index (κ2) is 10.3. The van der Waals surface area contributed by atoms with Crippen molar-refractivity contribution in [3.8, 4) is 0 Å². The smallest absolute Gasteiger partial charge is 0.410 e. The Labute approximate surface area is 179 Å². The number of carbonyl (C=O) groups is 2. The zero-order valence-electron chi connectivity index (χ0n) is 18.6. The molecule has 0 radical (unpaired) electrons. The molecule has 2 fully saturated rings. The monoisotopic (exact) mass is 449 g/mol. The lowest BCUT2D eigenvalue weighted by Gasteiger charge is -2.43. The summed E-state index contributed by atoms with van der Waals surface area (Å²) in [6.45, 7) is 11.6. The SMILES string of the molecule is CCOCCOC(C)C(=O)N1CC(S(=O)(=O)N2CCN(C(=O)OC(C)(C)C)CC2)C1. The number of hydrogen-bond acceptors (Lipinski definition) is 7. The van der Waals surface area contributed by atoms with Gasteiger partial charge in [-0.2, -0.15) is 4.31 Å². The van der Waals surface area contributed by atoms with Crippen LogP contribution in [0.3, 0.4) is 0 Å². The van der Waals surface area contributed by atoms with E-state index in [2.05, 4.69) is 0 Å². The van der Waals surface area contributed by atoms with Gasteiger partial charge in [-0.05, 0) is 34.6 Å². The Hall–Kier alpha value is -1.43. The number of sulfonamides is 1. The molecule has 0 saturated carbocycles. The zero-order chi connectivity index (χ0) is 22.5. The van der Waals surface area contributed by atoms with Gasteiger partial charge in [-0.25, -0.2) is 13.2 Å². The van der Waals surface area contributed by atoms with Crippen LogP contribution in [0.4, 0.5) is 4.79 Å². The topological polar surface area (TPSA) is 106 Å². The molecule has 174 valence electrons. The van der Waals surface area contributed by atoms with Crippen LogP contribution in [0.25, 0.3) is 0 Å². The molecule has 0 N–H and O–H groups in total. The van der Waals surface area contributed by atoms with Gasteiger partial charge < -0.3 is 24.0 Å². The van der Waals surface area contributed by atoms with Gasteiger partial charge in [0.1, 0.15) is 17.0 Å². The number of piperazine rings is 1. The highest BCUT2D eigenvalue weighted by Gasteiger charge is 2.44. The average molecular weight is 450 g/mol. The lowest BCUT2D eigenvalue weighted by atomic mass is 10.2. The van der Waals surface area contributed by atoms with Gasteiger partial charge in [0.05, 0.1) is 13.2 Å². The maximum Gasteiger partial charge on any atom is 0.410 e. The van der Waals surface area contributed by atoms with Crippen LogP contribution in [0, 0.1) is 0 Å². The minimum absolute atomic E-state index is 0.159. The fourth-order valence-corrected chi connectivity index (χ4v) is 5.06. The number of ether oxygens (including phenoxy) is 3. The van der Waals surface area contributed by atoms with E-state index < -0.39 is 33.1 Å². The first kappa shape index (κ1) is 24.8. The molecule has 11 heteroatoms. The Balaban J connectivity index is 1.78. The molecule has 2 saturated heterocycles. The summed E-state index contributed by atoms with van der Waals surface area (Å²) in [6, 6.07) is 0.